The van der Waals surface area contributed by atoms with Crippen molar-refractivity contribution in [2.75, 3.05) is 13.2 Å². The van der Waals surface area contributed by atoms with Crippen LogP contribution in [0.1, 0.15) is 30.5 Å². The molecule has 2 aromatic rings. The first-order valence-electron chi connectivity index (χ1n) is 8.65. The van der Waals surface area contributed by atoms with Crippen LogP contribution in [-0.2, 0) is 6.61 Å². The van der Waals surface area contributed by atoms with Crippen LogP contribution in [0.3, 0.4) is 0 Å². The van der Waals surface area contributed by atoms with E-state index in [-0.39, 0.29) is 0 Å². The third-order valence-electron chi connectivity index (χ3n) is 3.63. The highest BCUT2D eigenvalue weighted by atomic mass is 32.1. The number of hydrazone groups is 1. The third-order valence-corrected chi connectivity index (χ3v) is 3.86. The Bertz CT molecular complexity index is 762. The van der Waals surface area contributed by atoms with Crippen LogP contribution in [0.2, 0.25) is 0 Å². The molecule has 0 aliphatic heterocycles. The van der Waals surface area contributed by atoms with E-state index in [0.29, 0.717) is 29.8 Å². The van der Waals surface area contributed by atoms with Gasteiger partial charge in [-0.25, -0.2) is 0 Å². The number of benzene rings is 2. The van der Waals surface area contributed by atoms with E-state index in [2.05, 4.69) is 34.9 Å². The molecular weight excluding hydrogens is 346 g/mol. The second-order valence-corrected chi connectivity index (χ2v) is 5.99. The maximum Gasteiger partial charge on any atom is 0.186 e. The number of hydrogen-bond donors (Lipinski definition) is 2. The molecule has 0 radical (unpaired) electrons. The lowest BCUT2D eigenvalue weighted by Gasteiger charge is -2.13. The van der Waals surface area contributed by atoms with Crippen molar-refractivity contribution in [3.63, 3.8) is 0 Å². The average molecular weight is 372 g/mol. The van der Waals surface area contributed by atoms with Gasteiger partial charge in [-0.1, -0.05) is 24.3 Å². The molecule has 0 unspecified atom stereocenters. The highest BCUT2D eigenvalue weighted by Crippen LogP contribution is 2.29. The second kappa shape index (κ2) is 10.4. The predicted molar refractivity (Wildman–Crippen MR) is 110 cm³/mol. The van der Waals surface area contributed by atoms with Crippen LogP contribution in [0, 0.1) is 6.92 Å². The van der Waals surface area contributed by atoms with Gasteiger partial charge in [0.25, 0.3) is 0 Å². The Balaban J connectivity index is 2.06. The lowest BCUT2D eigenvalue weighted by Crippen LogP contribution is -2.31. The first-order valence-corrected chi connectivity index (χ1v) is 9.06. The Morgan fingerprint density at radius 2 is 1.92 bits per heavy atom. The van der Waals surface area contributed by atoms with E-state index < -0.39 is 0 Å². The quantitative estimate of drug-likeness (QED) is 0.420. The van der Waals surface area contributed by atoms with E-state index in [1.807, 2.05) is 44.2 Å². The van der Waals surface area contributed by atoms with Crippen molar-refractivity contribution < 1.29 is 9.47 Å². The Labute approximate surface area is 160 Å². The summed E-state index contributed by atoms with van der Waals surface area (Å²) in [4.78, 5) is 0. The highest BCUT2D eigenvalue weighted by Gasteiger charge is 2.07. The minimum absolute atomic E-state index is 0.493. The van der Waals surface area contributed by atoms with Gasteiger partial charge in [-0.05, 0) is 67.9 Å². The molecule has 0 aromatic heterocycles. The molecule has 0 spiro atoms. The lowest BCUT2D eigenvalue weighted by molar-refractivity contribution is 0.269. The van der Waals surface area contributed by atoms with Crippen LogP contribution >= 0.6 is 12.2 Å². The molecule has 2 aromatic carbocycles. The number of ether oxygens (including phenoxy) is 2. The summed E-state index contributed by atoms with van der Waals surface area (Å²) in [6.45, 7) is 7.81. The van der Waals surface area contributed by atoms with Gasteiger partial charge in [0, 0.05) is 6.54 Å². The Morgan fingerprint density at radius 1 is 1.12 bits per heavy atom. The van der Waals surface area contributed by atoms with Gasteiger partial charge in [-0.3, -0.25) is 5.43 Å². The molecule has 6 heteroatoms. The molecule has 0 heterocycles. The van der Waals surface area contributed by atoms with Crippen LogP contribution in [0.25, 0.3) is 0 Å². The zero-order valence-corrected chi connectivity index (χ0v) is 16.2. The van der Waals surface area contributed by atoms with Gasteiger partial charge in [-0.15, -0.1) is 0 Å². The first-order chi connectivity index (χ1) is 12.6. The standard InChI is InChI=1S/C20H25N3O2S/c1-4-21-20(26)23-22-13-16-10-11-18(19(12-16)24-5-2)25-14-17-9-7-6-8-15(17)3/h6-13H,4-5,14H2,1-3H3,(H2,21,23,26). The summed E-state index contributed by atoms with van der Waals surface area (Å²) < 4.78 is 11.7. The molecule has 2 N–H and O–H groups in total. The van der Waals surface area contributed by atoms with E-state index >= 15 is 0 Å². The molecule has 0 aliphatic carbocycles. The molecule has 0 bridgehead atoms. The van der Waals surface area contributed by atoms with E-state index in [1.54, 1.807) is 6.21 Å². The van der Waals surface area contributed by atoms with E-state index in [4.69, 9.17) is 21.7 Å². The molecule has 0 saturated carbocycles. The van der Waals surface area contributed by atoms with Gasteiger partial charge in [0.15, 0.2) is 16.6 Å². The second-order valence-electron chi connectivity index (χ2n) is 5.58. The number of nitrogens with one attached hydrogen (secondary N) is 2. The Morgan fingerprint density at radius 3 is 2.65 bits per heavy atom. The number of thiocarbonyl (C=S) groups is 1. The summed E-state index contributed by atoms with van der Waals surface area (Å²) in [5.41, 5.74) is 6.02. The molecule has 0 amide bonds. The van der Waals surface area contributed by atoms with Gasteiger partial charge in [0.05, 0.1) is 12.8 Å². The molecule has 0 saturated heterocycles. The molecule has 138 valence electrons. The van der Waals surface area contributed by atoms with Crippen LogP contribution in [0.4, 0.5) is 0 Å². The van der Waals surface area contributed by atoms with Gasteiger partial charge in [-0.2, -0.15) is 5.10 Å². The summed E-state index contributed by atoms with van der Waals surface area (Å²) in [6, 6.07) is 13.9. The van der Waals surface area contributed by atoms with Crippen molar-refractivity contribution in [1.29, 1.82) is 0 Å². The average Bonchev–Trinajstić information content (AvgIpc) is 2.63. The van der Waals surface area contributed by atoms with Crippen LogP contribution in [0.5, 0.6) is 11.5 Å². The zero-order valence-electron chi connectivity index (χ0n) is 15.4. The van der Waals surface area contributed by atoms with Gasteiger partial charge >= 0.3 is 0 Å². The van der Waals surface area contributed by atoms with Crippen molar-refractivity contribution in [3.8, 4) is 11.5 Å². The van der Waals surface area contributed by atoms with Gasteiger partial charge in [0.1, 0.15) is 6.61 Å². The van der Waals surface area contributed by atoms with E-state index in [1.165, 1.54) is 5.56 Å². The molecule has 0 atom stereocenters. The Kier molecular flexibility index (Phi) is 7.89. The fraction of sp³-hybridized carbons (Fsp3) is 0.300. The van der Waals surface area contributed by atoms with Crippen molar-refractivity contribution >= 4 is 23.5 Å². The van der Waals surface area contributed by atoms with E-state index in [0.717, 1.165) is 17.7 Å². The van der Waals surface area contributed by atoms with E-state index in [9.17, 15) is 0 Å². The van der Waals surface area contributed by atoms with Crippen molar-refractivity contribution in [2.24, 2.45) is 5.10 Å². The maximum atomic E-state index is 5.97. The van der Waals surface area contributed by atoms with Gasteiger partial charge in [0.2, 0.25) is 0 Å². The number of aryl methyl sites for hydroxylation is 1. The topological polar surface area (TPSA) is 54.9 Å². The number of hydrogen-bond acceptors (Lipinski definition) is 4. The van der Waals surface area contributed by atoms with Crippen molar-refractivity contribution in [1.82, 2.24) is 10.7 Å². The third kappa shape index (κ3) is 6.04. The summed E-state index contributed by atoms with van der Waals surface area (Å²) >= 11 is 5.07. The normalized spacial score (nSPS) is 10.6. The molecule has 5 nitrogen and oxygen atoms in total. The SMILES string of the molecule is CCNC(=S)NN=Cc1ccc(OCc2ccccc2C)c(OCC)c1. The zero-order chi connectivity index (χ0) is 18.8. The lowest BCUT2D eigenvalue weighted by atomic mass is 10.1. The molecule has 2 rings (SSSR count). The fourth-order valence-electron chi connectivity index (χ4n) is 2.29. The minimum Gasteiger partial charge on any atom is -0.490 e. The fourth-order valence-corrected chi connectivity index (χ4v) is 2.48. The number of nitrogens with zero attached hydrogens (tertiary/aromatic N) is 1. The molecule has 0 aliphatic rings. The van der Waals surface area contributed by atoms with Crippen molar-refractivity contribution in [3.05, 3.63) is 59.2 Å². The summed E-state index contributed by atoms with van der Waals surface area (Å²) in [6.07, 6.45) is 1.69. The monoisotopic (exact) mass is 371 g/mol. The Hall–Kier alpha value is -2.60. The molecule has 0 fully saturated rings. The minimum atomic E-state index is 0.493. The first kappa shape index (κ1) is 19.7. The van der Waals surface area contributed by atoms with Crippen LogP contribution < -0.4 is 20.2 Å². The maximum absolute atomic E-state index is 5.97. The smallest absolute Gasteiger partial charge is 0.186 e. The predicted octanol–water partition coefficient (Wildman–Crippen LogP) is 3.79. The van der Waals surface area contributed by atoms with Gasteiger partial charge < -0.3 is 14.8 Å². The van der Waals surface area contributed by atoms with Crippen LogP contribution in [-0.4, -0.2) is 24.5 Å². The summed E-state index contributed by atoms with van der Waals surface area (Å²) in [5.74, 6) is 1.41. The summed E-state index contributed by atoms with van der Waals surface area (Å²) in [5, 5.41) is 7.58. The largest absolute Gasteiger partial charge is 0.490 e. The van der Waals surface area contributed by atoms with Crippen molar-refractivity contribution in [2.45, 2.75) is 27.4 Å². The van der Waals surface area contributed by atoms with Crippen LogP contribution in [0.15, 0.2) is 47.6 Å². The summed E-state index contributed by atoms with van der Waals surface area (Å²) in [7, 11) is 0. The highest BCUT2D eigenvalue weighted by molar-refractivity contribution is 7.80. The number of rotatable bonds is 8. The molecule has 26 heavy (non-hydrogen) atoms. The molecular formula is C20H25N3O2S.